The predicted molar refractivity (Wildman–Crippen MR) is 80.8 cm³/mol. The number of carbonyl (C=O) groups is 1. The van der Waals surface area contributed by atoms with E-state index in [1.54, 1.807) is 0 Å². The van der Waals surface area contributed by atoms with Crippen LogP contribution >= 0.6 is 67.8 Å². The molecule has 0 fully saturated rings. The van der Waals surface area contributed by atoms with Gasteiger partial charge in [0.05, 0.1) is 7.14 Å². The third kappa shape index (κ3) is 3.80. The molecule has 0 aliphatic heterocycles. The minimum Gasteiger partial charge on any atom is -0.484 e. The number of carbonyl (C=O) groups excluding carboxylic acids is 1. The van der Waals surface area contributed by atoms with Crippen LogP contribution < -0.4 is 4.74 Å². The lowest BCUT2D eigenvalue weighted by Gasteiger charge is -2.09. The van der Waals surface area contributed by atoms with Crippen molar-refractivity contribution in [3.05, 3.63) is 22.8 Å². The van der Waals surface area contributed by atoms with Crippen LogP contribution in [-0.2, 0) is 4.79 Å². The average molecular weight is 528 g/mol. The Bertz CT molecular complexity index is 340. The molecule has 0 atom stereocenters. The van der Waals surface area contributed by atoms with E-state index >= 15 is 0 Å². The van der Waals surface area contributed by atoms with E-state index in [4.69, 9.17) is 4.74 Å². The molecule has 1 rings (SSSR count). The highest BCUT2D eigenvalue weighted by Gasteiger charge is 2.08. The van der Waals surface area contributed by atoms with E-state index in [-0.39, 0.29) is 12.4 Å². The highest BCUT2D eigenvalue weighted by atomic mass is 127. The standard InChI is InChI=1S/C9H7I3O2/c1-5(13)4-14-9-7(11)2-6(10)3-8(9)12/h2-3H,4H2,1H3. The molecule has 14 heavy (non-hydrogen) atoms. The summed E-state index contributed by atoms with van der Waals surface area (Å²) < 4.78 is 8.67. The Labute approximate surface area is 124 Å². The molecule has 0 heterocycles. The van der Waals surface area contributed by atoms with Crippen molar-refractivity contribution in [2.45, 2.75) is 6.92 Å². The number of ether oxygens (including phenoxy) is 1. The van der Waals surface area contributed by atoms with Crippen molar-refractivity contribution in [2.75, 3.05) is 6.61 Å². The van der Waals surface area contributed by atoms with Gasteiger partial charge in [-0.3, -0.25) is 4.79 Å². The molecule has 0 aliphatic rings. The molecular weight excluding hydrogens is 521 g/mol. The number of benzene rings is 1. The van der Waals surface area contributed by atoms with Gasteiger partial charge in [0.2, 0.25) is 0 Å². The molecule has 0 unspecified atom stereocenters. The number of halogens is 3. The fourth-order valence-electron chi connectivity index (χ4n) is 0.841. The minimum atomic E-state index is 0.0372. The Hall–Kier alpha value is 0.880. The van der Waals surface area contributed by atoms with Crippen LogP contribution in [0.25, 0.3) is 0 Å². The molecule has 0 aromatic heterocycles. The van der Waals surface area contributed by atoms with Gasteiger partial charge in [0.25, 0.3) is 0 Å². The smallest absolute Gasteiger partial charge is 0.167 e. The zero-order chi connectivity index (χ0) is 10.7. The van der Waals surface area contributed by atoms with Gasteiger partial charge in [0.1, 0.15) is 12.4 Å². The molecule has 5 heteroatoms. The van der Waals surface area contributed by atoms with Crippen molar-refractivity contribution >= 4 is 73.6 Å². The topological polar surface area (TPSA) is 26.3 Å². The number of hydrogen-bond donors (Lipinski definition) is 0. The van der Waals surface area contributed by atoms with E-state index in [0.29, 0.717) is 0 Å². The van der Waals surface area contributed by atoms with Crippen molar-refractivity contribution < 1.29 is 9.53 Å². The van der Waals surface area contributed by atoms with Gasteiger partial charge in [0.15, 0.2) is 5.78 Å². The molecule has 0 aliphatic carbocycles. The zero-order valence-electron chi connectivity index (χ0n) is 7.31. The molecule has 1 aromatic carbocycles. The molecule has 0 spiro atoms. The molecular formula is C9H7I3O2. The number of hydrogen-bond acceptors (Lipinski definition) is 2. The summed E-state index contributed by atoms with van der Waals surface area (Å²) in [5.41, 5.74) is 0. The SMILES string of the molecule is CC(=O)COc1c(I)cc(I)cc1I. The second kappa shape index (κ2) is 5.83. The van der Waals surface area contributed by atoms with Gasteiger partial charge < -0.3 is 4.74 Å². The lowest BCUT2D eigenvalue weighted by Crippen LogP contribution is -2.08. The first-order chi connectivity index (χ1) is 6.50. The van der Waals surface area contributed by atoms with Gasteiger partial charge in [-0.1, -0.05) is 0 Å². The second-order valence-electron chi connectivity index (χ2n) is 2.69. The first-order valence-electron chi connectivity index (χ1n) is 3.77. The van der Waals surface area contributed by atoms with Crippen LogP contribution in [0.4, 0.5) is 0 Å². The molecule has 0 amide bonds. The van der Waals surface area contributed by atoms with E-state index in [2.05, 4.69) is 67.8 Å². The Balaban J connectivity index is 2.91. The van der Waals surface area contributed by atoms with Crippen LogP contribution in [0.5, 0.6) is 5.75 Å². The summed E-state index contributed by atoms with van der Waals surface area (Å²) in [5.74, 6) is 0.844. The molecule has 0 radical (unpaired) electrons. The quantitative estimate of drug-likeness (QED) is 0.563. The first kappa shape index (κ1) is 12.9. The number of rotatable bonds is 3. The number of ketones is 1. The van der Waals surface area contributed by atoms with Crippen molar-refractivity contribution in [3.63, 3.8) is 0 Å². The van der Waals surface area contributed by atoms with Gasteiger partial charge in [-0.25, -0.2) is 0 Å². The third-order valence-electron chi connectivity index (χ3n) is 1.38. The van der Waals surface area contributed by atoms with E-state index < -0.39 is 0 Å². The molecule has 0 bridgehead atoms. The van der Waals surface area contributed by atoms with E-state index in [0.717, 1.165) is 12.9 Å². The van der Waals surface area contributed by atoms with Crippen LogP contribution in [0.1, 0.15) is 6.92 Å². The summed E-state index contributed by atoms with van der Waals surface area (Å²) in [6.45, 7) is 1.67. The zero-order valence-corrected chi connectivity index (χ0v) is 13.8. The fraction of sp³-hybridized carbons (Fsp3) is 0.222. The Morgan fingerprint density at radius 1 is 1.29 bits per heavy atom. The summed E-state index contributed by atoms with van der Waals surface area (Å²) in [6, 6.07) is 4.05. The highest BCUT2D eigenvalue weighted by molar-refractivity contribution is 14.1. The molecule has 2 nitrogen and oxygen atoms in total. The van der Waals surface area contributed by atoms with E-state index in [1.165, 1.54) is 10.5 Å². The number of Topliss-reactive ketones (excluding diaryl/α,β-unsaturated/α-hetero) is 1. The Kier molecular flexibility index (Phi) is 5.39. The maximum Gasteiger partial charge on any atom is 0.167 e. The summed E-state index contributed by atoms with van der Waals surface area (Å²) in [6.07, 6.45) is 0. The maximum atomic E-state index is 10.8. The summed E-state index contributed by atoms with van der Waals surface area (Å²) >= 11 is 6.68. The molecule has 0 saturated carbocycles. The minimum absolute atomic E-state index is 0.0372. The molecule has 76 valence electrons. The van der Waals surface area contributed by atoms with Gasteiger partial charge in [0, 0.05) is 3.57 Å². The van der Waals surface area contributed by atoms with Crippen LogP contribution in [0.15, 0.2) is 12.1 Å². The maximum absolute atomic E-state index is 10.8. The van der Waals surface area contributed by atoms with Crippen molar-refractivity contribution in [2.24, 2.45) is 0 Å². The molecule has 0 saturated heterocycles. The van der Waals surface area contributed by atoms with E-state index in [1.807, 2.05) is 12.1 Å². The largest absolute Gasteiger partial charge is 0.484 e. The predicted octanol–water partition coefficient (Wildman–Crippen LogP) is 3.47. The monoisotopic (exact) mass is 528 g/mol. The summed E-state index contributed by atoms with van der Waals surface area (Å²) in [4.78, 5) is 10.8. The molecule has 0 N–H and O–H groups in total. The molecule has 1 aromatic rings. The van der Waals surface area contributed by atoms with Crippen LogP contribution in [0, 0.1) is 10.7 Å². The van der Waals surface area contributed by atoms with Crippen LogP contribution in [0.2, 0.25) is 0 Å². The van der Waals surface area contributed by atoms with Gasteiger partial charge in [-0.05, 0) is 86.8 Å². The van der Waals surface area contributed by atoms with Gasteiger partial charge in [-0.15, -0.1) is 0 Å². The summed E-state index contributed by atoms with van der Waals surface area (Å²) in [5, 5.41) is 0. The lowest BCUT2D eigenvalue weighted by molar-refractivity contribution is -0.118. The Morgan fingerprint density at radius 2 is 1.79 bits per heavy atom. The second-order valence-corrected chi connectivity index (χ2v) is 6.26. The van der Waals surface area contributed by atoms with Crippen molar-refractivity contribution in [1.82, 2.24) is 0 Å². The fourth-order valence-corrected chi connectivity index (χ4v) is 4.73. The summed E-state index contributed by atoms with van der Waals surface area (Å²) in [7, 11) is 0. The highest BCUT2D eigenvalue weighted by Crippen LogP contribution is 2.29. The normalized spacial score (nSPS) is 10.0. The lowest BCUT2D eigenvalue weighted by atomic mass is 10.3. The first-order valence-corrected chi connectivity index (χ1v) is 7.01. The van der Waals surface area contributed by atoms with Crippen LogP contribution in [0.3, 0.4) is 0 Å². The van der Waals surface area contributed by atoms with Crippen molar-refractivity contribution in [3.8, 4) is 5.75 Å². The third-order valence-corrected chi connectivity index (χ3v) is 3.61. The van der Waals surface area contributed by atoms with Crippen LogP contribution in [-0.4, -0.2) is 12.4 Å². The Morgan fingerprint density at radius 3 is 2.21 bits per heavy atom. The van der Waals surface area contributed by atoms with Crippen molar-refractivity contribution in [1.29, 1.82) is 0 Å². The average Bonchev–Trinajstić information content (AvgIpc) is 2.01. The van der Waals surface area contributed by atoms with Gasteiger partial charge >= 0.3 is 0 Å². The van der Waals surface area contributed by atoms with Gasteiger partial charge in [-0.2, -0.15) is 0 Å². The van der Waals surface area contributed by atoms with E-state index in [9.17, 15) is 4.79 Å².